The van der Waals surface area contributed by atoms with Crippen molar-refractivity contribution in [1.82, 2.24) is 9.97 Å². The first-order valence-corrected chi connectivity index (χ1v) is 4.32. The fourth-order valence-electron chi connectivity index (χ4n) is 1.10. The van der Waals surface area contributed by atoms with Crippen LogP contribution in [0.15, 0.2) is 27.6 Å². The number of nitrogens with zero attached hydrogens (tertiary/aromatic N) is 1. The van der Waals surface area contributed by atoms with Crippen molar-refractivity contribution in [3.63, 3.8) is 0 Å². The van der Waals surface area contributed by atoms with Crippen molar-refractivity contribution in [2.75, 3.05) is 0 Å². The number of fused-ring (bicyclic) bond motifs is 1. The number of hydrogen-bond donors (Lipinski definition) is 1. The van der Waals surface area contributed by atoms with Crippen LogP contribution in [0.4, 0.5) is 4.39 Å². The number of hydrogen-bond acceptors (Lipinski definition) is 2. The smallest absolute Gasteiger partial charge is 0.299 e. The summed E-state index contributed by atoms with van der Waals surface area (Å²) in [5, 5.41) is 0.555. The third kappa shape index (κ3) is 1.35. The lowest BCUT2D eigenvalue weighted by Crippen LogP contribution is -2.10. The summed E-state index contributed by atoms with van der Waals surface area (Å²) >= 11 is 3.12. The summed E-state index contributed by atoms with van der Waals surface area (Å²) in [5.74, 6) is -0.496. The molecule has 0 saturated heterocycles. The standard InChI is InChI=1S/C8H4BrFN2O/c9-7-4-2-1-3-5(10)6(4)11-8(13)12-7/h1-3H,(H,11,12,13). The number of aromatic nitrogens is 2. The fraction of sp³-hybridized carbons (Fsp3) is 0. The number of rotatable bonds is 0. The van der Waals surface area contributed by atoms with Gasteiger partial charge in [-0.3, -0.25) is 4.98 Å². The monoisotopic (exact) mass is 242 g/mol. The van der Waals surface area contributed by atoms with Crippen LogP contribution in [0, 0.1) is 5.82 Å². The largest absolute Gasteiger partial charge is 0.346 e. The molecule has 1 aromatic heterocycles. The summed E-state index contributed by atoms with van der Waals surface area (Å²) < 4.78 is 13.6. The minimum atomic E-state index is -0.565. The van der Waals surface area contributed by atoms with E-state index in [-0.39, 0.29) is 5.52 Å². The van der Waals surface area contributed by atoms with Gasteiger partial charge in [-0.2, -0.15) is 4.98 Å². The second kappa shape index (κ2) is 2.92. The van der Waals surface area contributed by atoms with Crippen LogP contribution in [0.1, 0.15) is 0 Å². The highest BCUT2D eigenvalue weighted by atomic mass is 79.9. The average Bonchev–Trinajstić information content (AvgIpc) is 2.07. The molecular weight excluding hydrogens is 239 g/mol. The van der Waals surface area contributed by atoms with E-state index in [1.807, 2.05) is 0 Å². The lowest BCUT2D eigenvalue weighted by molar-refractivity contribution is 0.636. The summed E-state index contributed by atoms with van der Waals surface area (Å²) in [7, 11) is 0. The maximum atomic E-state index is 13.1. The van der Waals surface area contributed by atoms with Crippen molar-refractivity contribution in [2.24, 2.45) is 0 Å². The molecule has 0 aliphatic carbocycles. The van der Waals surface area contributed by atoms with Gasteiger partial charge in [0, 0.05) is 5.39 Å². The Hall–Kier alpha value is -1.23. The minimum absolute atomic E-state index is 0.0816. The molecule has 2 rings (SSSR count). The van der Waals surface area contributed by atoms with Gasteiger partial charge in [0.05, 0.1) is 4.60 Å². The van der Waals surface area contributed by atoms with Gasteiger partial charge in [-0.1, -0.05) is 6.07 Å². The van der Waals surface area contributed by atoms with E-state index in [9.17, 15) is 9.18 Å². The van der Waals surface area contributed by atoms with E-state index in [4.69, 9.17) is 0 Å². The summed E-state index contributed by atoms with van der Waals surface area (Å²) in [6.45, 7) is 0. The molecule has 5 heteroatoms. The zero-order valence-electron chi connectivity index (χ0n) is 6.34. The third-order valence-electron chi connectivity index (χ3n) is 1.65. The van der Waals surface area contributed by atoms with E-state index in [0.29, 0.717) is 9.99 Å². The first-order chi connectivity index (χ1) is 6.18. The second-order valence-corrected chi connectivity index (χ2v) is 3.28. The van der Waals surface area contributed by atoms with Gasteiger partial charge in [-0.15, -0.1) is 0 Å². The van der Waals surface area contributed by atoms with Crippen LogP contribution in [-0.2, 0) is 0 Å². The molecule has 0 saturated carbocycles. The molecule has 1 aromatic carbocycles. The van der Waals surface area contributed by atoms with Crippen molar-refractivity contribution in [2.45, 2.75) is 0 Å². The predicted molar refractivity (Wildman–Crippen MR) is 50.0 cm³/mol. The Morgan fingerprint density at radius 3 is 3.00 bits per heavy atom. The van der Waals surface area contributed by atoms with Gasteiger partial charge in [0.25, 0.3) is 0 Å². The van der Waals surface area contributed by atoms with Crippen molar-refractivity contribution >= 4 is 26.8 Å². The Morgan fingerprint density at radius 1 is 1.46 bits per heavy atom. The Morgan fingerprint density at radius 2 is 2.23 bits per heavy atom. The van der Waals surface area contributed by atoms with Gasteiger partial charge >= 0.3 is 5.69 Å². The summed E-state index contributed by atoms with van der Waals surface area (Å²) in [6, 6.07) is 4.50. The lowest BCUT2D eigenvalue weighted by Gasteiger charge is -1.98. The maximum Gasteiger partial charge on any atom is 0.346 e. The van der Waals surface area contributed by atoms with Gasteiger partial charge in [0.15, 0.2) is 0 Å². The zero-order valence-corrected chi connectivity index (χ0v) is 7.93. The molecule has 2 aromatic rings. The fourth-order valence-corrected chi connectivity index (χ4v) is 1.59. The Balaban J connectivity index is 3.03. The Kier molecular flexibility index (Phi) is 1.88. The van der Waals surface area contributed by atoms with Crippen LogP contribution in [0.5, 0.6) is 0 Å². The van der Waals surface area contributed by atoms with Crippen LogP contribution < -0.4 is 5.69 Å². The van der Waals surface area contributed by atoms with Crippen LogP contribution in [-0.4, -0.2) is 9.97 Å². The highest BCUT2D eigenvalue weighted by Crippen LogP contribution is 2.19. The molecule has 3 nitrogen and oxygen atoms in total. The molecule has 0 aliphatic rings. The van der Waals surface area contributed by atoms with Gasteiger partial charge < -0.3 is 0 Å². The van der Waals surface area contributed by atoms with Crippen LogP contribution in [0.3, 0.4) is 0 Å². The molecule has 0 radical (unpaired) electrons. The quantitative estimate of drug-likeness (QED) is 0.717. The van der Waals surface area contributed by atoms with Crippen molar-refractivity contribution in [3.05, 3.63) is 39.1 Å². The van der Waals surface area contributed by atoms with E-state index in [1.54, 1.807) is 12.1 Å². The van der Waals surface area contributed by atoms with E-state index < -0.39 is 11.5 Å². The highest BCUT2D eigenvalue weighted by Gasteiger charge is 2.05. The average molecular weight is 243 g/mol. The van der Waals surface area contributed by atoms with Gasteiger partial charge in [0.2, 0.25) is 0 Å². The van der Waals surface area contributed by atoms with E-state index in [1.165, 1.54) is 6.07 Å². The number of benzene rings is 1. The normalized spacial score (nSPS) is 10.6. The van der Waals surface area contributed by atoms with Crippen LogP contribution in [0.2, 0.25) is 0 Å². The molecule has 0 bridgehead atoms. The highest BCUT2D eigenvalue weighted by molar-refractivity contribution is 9.10. The van der Waals surface area contributed by atoms with E-state index in [2.05, 4.69) is 25.9 Å². The molecule has 1 N–H and O–H groups in total. The number of H-pyrrole nitrogens is 1. The van der Waals surface area contributed by atoms with Crippen molar-refractivity contribution < 1.29 is 4.39 Å². The van der Waals surface area contributed by atoms with Crippen molar-refractivity contribution in [3.8, 4) is 0 Å². The van der Waals surface area contributed by atoms with Crippen LogP contribution >= 0.6 is 15.9 Å². The zero-order chi connectivity index (χ0) is 9.42. The first kappa shape index (κ1) is 8.37. The molecular formula is C8H4BrFN2O. The second-order valence-electron chi connectivity index (χ2n) is 2.49. The molecule has 0 fully saturated rings. The molecule has 13 heavy (non-hydrogen) atoms. The third-order valence-corrected chi connectivity index (χ3v) is 2.28. The Labute approximate surface area is 80.7 Å². The van der Waals surface area contributed by atoms with E-state index in [0.717, 1.165) is 0 Å². The lowest BCUT2D eigenvalue weighted by atomic mass is 10.2. The van der Waals surface area contributed by atoms with Crippen molar-refractivity contribution in [1.29, 1.82) is 0 Å². The van der Waals surface area contributed by atoms with Gasteiger partial charge in [0.1, 0.15) is 11.3 Å². The Bertz CT molecular complexity index is 523. The van der Waals surface area contributed by atoms with Crippen LogP contribution in [0.25, 0.3) is 10.9 Å². The molecule has 0 unspecified atom stereocenters. The summed E-state index contributed by atoms with van der Waals surface area (Å²) in [4.78, 5) is 16.8. The molecule has 66 valence electrons. The topological polar surface area (TPSA) is 45.8 Å². The van der Waals surface area contributed by atoms with Gasteiger partial charge in [-0.05, 0) is 28.1 Å². The predicted octanol–water partition coefficient (Wildman–Crippen LogP) is 1.82. The molecule has 0 aliphatic heterocycles. The molecule has 1 heterocycles. The molecule has 0 amide bonds. The minimum Gasteiger partial charge on any atom is -0.299 e. The van der Waals surface area contributed by atoms with Gasteiger partial charge in [-0.25, -0.2) is 9.18 Å². The van der Waals surface area contributed by atoms with E-state index >= 15 is 0 Å². The number of para-hydroxylation sites is 1. The molecule has 0 spiro atoms. The molecule has 0 atom stereocenters. The maximum absolute atomic E-state index is 13.1. The summed E-state index contributed by atoms with van der Waals surface area (Å²) in [5.41, 5.74) is -0.484. The summed E-state index contributed by atoms with van der Waals surface area (Å²) in [6.07, 6.45) is 0. The SMILES string of the molecule is O=c1nc2c(F)cccc2c(Br)[nH]1. The number of aromatic amines is 1. The first-order valence-electron chi connectivity index (χ1n) is 3.52. The number of halogens is 2. The number of nitrogens with one attached hydrogen (secondary N) is 1.